The number of halogens is 2. The number of nitrogens with two attached hydrogens (primary N) is 1. The second-order valence-electron chi connectivity index (χ2n) is 6.18. The Labute approximate surface area is 163 Å². The molecule has 0 fully saturated rings. The van der Waals surface area contributed by atoms with E-state index in [4.69, 9.17) is 10.5 Å². The number of ether oxygens (including phenoxy) is 1. The maximum absolute atomic E-state index is 14.4. The summed E-state index contributed by atoms with van der Waals surface area (Å²) in [7, 11) is 0. The van der Waals surface area contributed by atoms with Gasteiger partial charge in [-0.3, -0.25) is 14.2 Å². The minimum Gasteiger partial charge on any atom is -0.454 e. The summed E-state index contributed by atoms with van der Waals surface area (Å²) in [5.41, 5.74) is 6.14. The molecular weight excluding hydrogens is 386 g/mol. The van der Waals surface area contributed by atoms with Crippen LogP contribution in [0.4, 0.5) is 19.5 Å². The molecule has 0 unspecified atom stereocenters. The summed E-state index contributed by atoms with van der Waals surface area (Å²) in [5, 5.41) is 3.38. The Morgan fingerprint density at radius 3 is 2.71 bits per heavy atom. The highest BCUT2D eigenvalue weighted by Crippen LogP contribution is 2.29. The van der Waals surface area contributed by atoms with Crippen LogP contribution in [0.25, 0.3) is 0 Å². The molecule has 0 radical (unpaired) electrons. The number of amidine groups is 1. The Bertz CT molecular complexity index is 1080. The third kappa shape index (κ3) is 4.55. The van der Waals surface area contributed by atoms with Crippen molar-refractivity contribution in [2.75, 3.05) is 5.32 Å². The molecule has 0 aliphatic carbocycles. The molecular formula is C19H18F2N4O2S. The average molecular weight is 404 g/mol. The molecule has 6 nitrogen and oxygen atoms in total. The third-order valence-electron chi connectivity index (χ3n) is 3.57. The van der Waals surface area contributed by atoms with Crippen LogP contribution in [0.15, 0.2) is 52.3 Å². The molecule has 0 bridgehead atoms. The van der Waals surface area contributed by atoms with E-state index >= 15 is 0 Å². The minimum absolute atomic E-state index is 0.0560. The first-order valence-corrected chi connectivity index (χ1v) is 9.20. The highest BCUT2D eigenvalue weighted by molar-refractivity contribution is 7.10. The number of aromatic nitrogens is 1. The van der Waals surface area contributed by atoms with Gasteiger partial charge in [0.25, 0.3) is 5.56 Å². The summed E-state index contributed by atoms with van der Waals surface area (Å²) in [6.07, 6.45) is 0. The van der Waals surface area contributed by atoms with E-state index in [1.807, 2.05) is 13.8 Å². The molecule has 3 rings (SSSR count). The van der Waals surface area contributed by atoms with Gasteiger partial charge in [-0.15, -0.1) is 0 Å². The molecule has 2 aromatic carbocycles. The molecule has 4 N–H and O–H groups in total. The van der Waals surface area contributed by atoms with Crippen LogP contribution < -0.4 is 21.3 Å². The molecule has 28 heavy (non-hydrogen) atoms. The minimum atomic E-state index is -0.650. The molecule has 0 aliphatic heterocycles. The Morgan fingerprint density at radius 2 is 2.04 bits per heavy atom. The number of benzene rings is 2. The highest BCUT2D eigenvalue weighted by atomic mass is 32.1. The first kappa shape index (κ1) is 19.6. The average Bonchev–Trinajstić information content (AvgIpc) is 2.97. The van der Waals surface area contributed by atoms with Crippen molar-refractivity contribution in [1.82, 2.24) is 4.37 Å². The first-order valence-electron chi connectivity index (χ1n) is 8.38. The van der Waals surface area contributed by atoms with Crippen LogP contribution >= 0.6 is 11.5 Å². The van der Waals surface area contributed by atoms with Crippen molar-refractivity contribution < 1.29 is 13.5 Å². The Hall–Kier alpha value is -3.20. The molecule has 0 atom stereocenters. The van der Waals surface area contributed by atoms with Gasteiger partial charge >= 0.3 is 0 Å². The van der Waals surface area contributed by atoms with Crippen molar-refractivity contribution >= 4 is 28.1 Å². The maximum Gasteiger partial charge on any atom is 0.271 e. The third-order valence-corrected chi connectivity index (χ3v) is 4.36. The number of hydrogen-bond donors (Lipinski definition) is 3. The van der Waals surface area contributed by atoms with Gasteiger partial charge in [0.1, 0.15) is 28.0 Å². The fourth-order valence-electron chi connectivity index (χ4n) is 2.42. The number of hydrogen-bond acceptors (Lipinski definition) is 5. The number of nitrogens with one attached hydrogen (secondary N) is 2. The summed E-state index contributed by atoms with van der Waals surface area (Å²) in [5.74, 6) is -0.899. The Morgan fingerprint density at radius 1 is 1.25 bits per heavy atom. The van der Waals surface area contributed by atoms with Crippen LogP contribution in [-0.2, 0) is 0 Å². The largest absolute Gasteiger partial charge is 0.454 e. The van der Waals surface area contributed by atoms with Crippen LogP contribution in [-0.4, -0.2) is 16.3 Å². The Balaban J connectivity index is 1.83. The monoisotopic (exact) mass is 404 g/mol. The van der Waals surface area contributed by atoms with Gasteiger partial charge in [-0.1, -0.05) is 6.07 Å². The SMILES string of the molecule is CC(C)N=C(N)c1c(Nc2ccc(Oc3cccc(F)c3)c(F)c2)s[nH]c1=O. The molecule has 1 heterocycles. The molecule has 3 aromatic rings. The van der Waals surface area contributed by atoms with Gasteiger partial charge in [-0.05, 0) is 49.6 Å². The first-order chi connectivity index (χ1) is 13.3. The summed E-state index contributed by atoms with van der Waals surface area (Å²) < 4.78 is 35.6. The van der Waals surface area contributed by atoms with Crippen LogP contribution in [0.5, 0.6) is 11.5 Å². The molecule has 9 heteroatoms. The molecule has 0 saturated heterocycles. The van der Waals surface area contributed by atoms with E-state index in [0.29, 0.717) is 10.7 Å². The smallest absolute Gasteiger partial charge is 0.271 e. The second kappa shape index (κ2) is 8.22. The summed E-state index contributed by atoms with van der Waals surface area (Å²) in [6, 6.07) is 9.52. The van der Waals surface area contributed by atoms with Gasteiger partial charge in [0.15, 0.2) is 11.6 Å². The molecule has 0 amide bonds. The fourth-order valence-corrected chi connectivity index (χ4v) is 3.18. The van der Waals surface area contributed by atoms with Crippen molar-refractivity contribution in [2.24, 2.45) is 10.7 Å². The van der Waals surface area contributed by atoms with Gasteiger partial charge in [0.05, 0.1) is 0 Å². The predicted octanol–water partition coefficient (Wildman–Crippen LogP) is 4.36. The Kier molecular flexibility index (Phi) is 5.74. The van der Waals surface area contributed by atoms with Crippen LogP contribution in [0.1, 0.15) is 19.4 Å². The van der Waals surface area contributed by atoms with Gasteiger partial charge in [-0.25, -0.2) is 8.78 Å². The molecule has 0 saturated carbocycles. The number of aromatic amines is 1. The van der Waals surface area contributed by atoms with E-state index in [1.54, 1.807) is 6.07 Å². The standard InChI is InChI=1S/C19H18F2N4O2S/c1-10(2)23-17(22)16-18(26)25-28-19(16)24-12-6-7-15(14(21)9-12)27-13-5-3-4-11(20)8-13/h3-10,24H,1-2H3,(H2,22,23)(H,25,26). The number of nitrogens with zero attached hydrogens (tertiary/aromatic N) is 1. The lowest BCUT2D eigenvalue weighted by Crippen LogP contribution is -2.23. The second-order valence-corrected chi connectivity index (χ2v) is 6.99. The summed E-state index contributed by atoms with van der Waals surface area (Å²) in [4.78, 5) is 16.2. The van der Waals surface area contributed by atoms with Gasteiger partial charge in [0.2, 0.25) is 0 Å². The fraction of sp³-hybridized carbons (Fsp3) is 0.158. The predicted molar refractivity (Wildman–Crippen MR) is 107 cm³/mol. The molecule has 0 aliphatic rings. The van der Waals surface area contributed by atoms with Crippen LogP contribution in [0.3, 0.4) is 0 Å². The quantitative estimate of drug-likeness (QED) is 0.420. The summed E-state index contributed by atoms with van der Waals surface area (Å²) >= 11 is 1.04. The topological polar surface area (TPSA) is 92.5 Å². The van der Waals surface area contributed by atoms with E-state index < -0.39 is 11.6 Å². The zero-order valence-corrected chi connectivity index (χ0v) is 15.9. The van der Waals surface area contributed by atoms with Crippen molar-refractivity contribution in [1.29, 1.82) is 0 Å². The summed E-state index contributed by atoms with van der Waals surface area (Å²) in [6.45, 7) is 3.68. The van der Waals surface area contributed by atoms with E-state index in [9.17, 15) is 13.6 Å². The van der Waals surface area contributed by atoms with Crippen molar-refractivity contribution in [3.05, 3.63) is 70.0 Å². The van der Waals surface area contributed by atoms with Gasteiger partial charge in [0, 0.05) is 23.9 Å². The number of aliphatic imine (C=N–C) groups is 1. The number of anilines is 2. The zero-order valence-electron chi connectivity index (χ0n) is 15.1. The molecule has 1 aromatic heterocycles. The molecule has 146 valence electrons. The van der Waals surface area contributed by atoms with Gasteiger partial charge in [-0.2, -0.15) is 0 Å². The van der Waals surface area contributed by atoms with Gasteiger partial charge < -0.3 is 15.8 Å². The van der Waals surface area contributed by atoms with Crippen LogP contribution in [0.2, 0.25) is 0 Å². The highest BCUT2D eigenvalue weighted by Gasteiger charge is 2.16. The number of rotatable bonds is 6. The van der Waals surface area contributed by atoms with E-state index in [0.717, 1.165) is 17.6 Å². The van der Waals surface area contributed by atoms with Crippen molar-refractivity contribution in [2.45, 2.75) is 19.9 Å². The normalized spacial score (nSPS) is 11.7. The van der Waals surface area contributed by atoms with Crippen LogP contribution in [0, 0.1) is 11.6 Å². The van der Waals surface area contributed by atoms with E-state index in [-0.39, 0.29) is 34.5 Å². The van der Waals surface area contributed by atoms with E-state index in [1.165, 1.54) is 30.3 Å². The maximum atomic E-state index is 14.4. The lowest BCUT2D eigenvalue weighted by Gasteiger charge is -2.10. The van der Waals surface area contributed by atoms with E-state index in [2.05, 4.69) is 14.7 Å². The molecule has 0 spiro atoms. The van der Waals surface area contributed by atoms with Crippen molar-refractivity contribution in [3.63, 3.8) is 0 Å². The number of H-pyrrole nitrogens is 1. The lowest BCUT2D eigenvalue weighted by atomic mass is 10.2. The van der Waals surface area contributed by atoms with Crippen molar-refractivity contribution in [3.8, 4) is 11.5 Å². The zero-order chi connectivity index (χ0) is 20.3. The lowest BCUT2D eigenvalue weighted by molar-refractivity contribution is 0.439.